The van der Waals surface area contributed by atoms with Crippen molar-refractivity contribution in [1.82, 2.24) is 10.2 Å². The minimum Gasteiger partial charge on any atom is -0.354 e. The Morgan fingerprint density at radius 2 is 2.09 bits per heavy atom. The summed E-state index contributed by atoms with van der Waals surface area (Å²) in [5.41, 5.74) is 8.05. The molecular formula is C18H29N3O. The molecule has 1 aliphatic rings. The number of nitrogens with zero attached hydrogens (tertiary/aromatic N) is 1. The molecule has 1 heterocycles. The molecule has 1 amide bonds. The minimum atomic E-state index is -0.575. The molecule has 0 saturated carbocycles. The number of piperidine rings is 1. The molecule has 2 atom stereocenters. The largest absolute Gasteiger partial charge is 0.354 e. The van der Waals surface area contributed by atoms with E-state index in [4.69, 9.17) is 5.73 Å². The van der Waals surface area contributed by atoms with Crippen LogP contribution in [0.15, 0.2) is 24.3 Å². The Balaban J connectivity index is 1.69. The minimum absolute atomic E-state index is 0.0875. The first kappa shape index (κ1) is 17.0. The van der Waals surface area contributed by atoms with Gasteiger partial charge in [0.1, 0.15) is 6.04 Å². The zero-order valence-corrected chi connectivity index (χ0v) is 13.8. The van der Waals surface area contributed by atoms with E-state index in [9.17, 15) is 4.79 Å². The molecule has 0 aromatic heterocycles. The molecule has 2 unspecified atom stereocenters. The van der Waals surface area contributed by atoms with Crippen LogP contribution in [-0.4, -0.2) is 36.5 Å². The van der Waals surface area contributed by atoms with Gasteiger partial charge in [0.25, 0.3) is 0 Å². The maximum absolute atomic E-state index is 12.1. The van der Waals surface area contributed by atoms with Crippen molar-refractivity contribution in [3.05, 3.63) is 35.4 Å². The van der Waals surface area contributed by atoms with Gasteiger partial charge in [0.05, 0.1) is 0 Å². The van der Waals surface area contributed by atoms with Gasteiger partial charge in [0.2, 0.25) is 5.91 Å². The Kier molecular flexibility index (Phi) is 6.40. The number of aryl methyl sites for hydroxylation is 1. The fourth-order valence-corrected chi connectivity index (χ4v) is 3.02. The van der Waals surface area contributed by atoms with Crippen LogP contribution in [0.3, 0.4) is 0 Å². The standard InChI is InChI=1S/C18H29N3O/c1-14-7-9-16(10-8-14)17(19)18(22)20-11-5-13-21-12-4-3-6-15(21)2/h7-10,15,17H,3-6,11-13,19H2,1-2H3,(H,20,22). The van der Waals surface area contributed by atoms with E-state index >= 15 is 0 Å². The normalized spacial score (nSPS) is 20.6. The predicted molar refractivity (Wildman–Crippen MR) is 90.6 cm³/mol. The molecule has 1 aromatic rings. The molecule has 1 saturated heterocycles. The molecule has 122 valence electrons. The highest BCUT2D eigenvalue weighted by Crippen LogP contribution is 2.16. The number of carbonyl (C=O) groups excluding carboxylic acids is 1. The molecule has 0 spiro atoms. The fraction of sp³-hybridized carbons (Fsp3) is 0.611. The molecular weight excluding hydrogens is 274 g/mol. The highest BCUT2D eigenvalue weighted by Gasteiger charge is 2.18. The van der Waals surface area contributed by atoms with Crippen molar-refractivity contribution in [2.75, 3.05) is 19.6 Å². The van der Waals surface area contributed by atoms with E-state index in [1.54, 1.807) is 0 Å². The fourth-order valence-electron chi connectivity index (χ4n) is 3.02. The second kappa shape index (κ2) is 8.30. The molecule has 4 nitrogen and oxygen atoms in total. The molecule has 0 aliphatic carbocycles. The monoisotopic (exact) mass is 303 g/mol. The van der Waals surface area contributed by atoms with Crippen LogP contribution in [-0.2, 0) is 4.79 Å². The van der Waals surface area contributed by atoms with Crippen LogP contribution in [0.25, 0.3) is 0 Å². The highest BCUT2D eigenvalue weighted by atomic mass is 16.2. The number of amides is 1. The summed E-state index contributed by atoms with van der Waals surface area (Å²) in [7, 11) is 0. The number of carbonyl (C=O) groups is 1. The molecule has 1 aliphatic heterocycles. The Hall–Kier alpha value is -1.39. The first-order valence-corrected chi connectivity index (χ1v) is 8.42. The second-order valence-corrected chi connectivity index (χ2v) is 6.41. The number of benzene rings is 1. The third kappa shape index (κ3) is 4.82. The van der Waals surface area contributed by atoms with Gasteiger partial charge in [0, 0.05) is 19.1 Å². The lowest BCUT2D eigenvalue weighted by Gasteiger charge is -2.33. The van der Waals surface area contributed by atoms with Crippen LogP contribution in [0.1, 0.15) is 49.8 Å². The molecule has 0 bridgehead atoms. The molecule has 4 heteroatoms. The summed E-state index contributed by atoms with van der Waals surface area (Å²) >= 11 is 0. The number of likely N-dealkylation sites (tertiary alicyclic amines) is 1. The van der Waals surface area contributed by atoms with E-state index in [-0.39, 0.29) is 5.91 Å². The smallest absolute Gasteiger partial charge is 0.241 e. The van der Waals surface area contributed by atoms with Crippen LogP contribution in [0.2, 0.25) is 0 Å². The van der Waals surface area contributed by atoms with Gasteiger partial charge in [-0.3, -0.25) is 4.79 Å². The van der Waals surface area contributed by atoms with Crippen molar-refractivity contribution < 1.29 is 4.79 Å². The van der Waals surface area contributed by atoms with Gasteiger partial charge in [-0.25, -0.2) is 0 Å². The van der Waals surface area contributed by atoms with Crippen molar-refractivity contribution in [1.29, 1.82) is 0 Å². The lowest BCUT2D eigenvalue weighted by atomic mass is 10.0. The maximum atomic E-state index is 12.1. The first-order chi connectivity index (χ1) is 10.6. The highest BCUT2D eigenvalue weighted by molar-refractivity contribution is 5.82. The Morgan fingerprint density at radius 1 is 1.36 bits per heavy atom. The maximum Gasteiger partial charge on any atom is 0.241 e. The summed E-state index contributed by atoms with van der Waals surface area (Å²) in [6.45, 7) is 7.27. The van der Waals surface area contributed by atoms with Crippen LogP contribution in [0, 0.1) is 6.92 Å². The van der Waals surface area contributed by atoms with Gasteiger partial charge >= 0.3 is 0 Å². The van der Waals surface area contributed by atoms with Gasteiger partial charge in [-0.2, -0.15) is 0 Å². The molecule has 22 heavy (non-hydrogen) atoms. The summed E-state index contributed by atoms with van der Waals surface area (Å²) in [5, 5.41) is 2.96. The summed E-state index contributed by atoms with van der Waals surface area (Å²) in [6, 6.07) is 7.93. The van der Waals surface area contributed by atoms with Crippen molar-refractivity contribution in [2.24, 2.45) is 5.73 Å². The van der Waals surface area contributed by atoms with E-state index in [1.807, 2.05) is 31.2 Å². The predicted octanol–water partition coefficient (Wildman–Crippen LogP) is 2.38. The van der Waals surface area contributed by atoms with Crippen molar-refractivity contribution in [3.8, 4) is 0 Å². The number of hydrogen-bond acceptors (Lipinski definition) is 3. The number of hydrogen-bond donors (Lipinski definition) is 2. The zero-order valence-electron chi connectivity index (χ0n) is 13.8. The SMILES string of the molecule is Cc1ccc(C(N)C(=O)NCCCN2CCCCC2C)cc1. The quantitative estimate of drug-likeness (QED) is 0.793. The molecule has 1 fully saturated rings. The van der Waals surface area contributed by atoms with Gasteiger partial charge in [-0.1, -0.05) is 36.2 Å². The summed E-state index contributed by atoms with van der Waals surface area (Å²) in [5.74, 6) is -0.0875. The number of nitrogens with one attached hydrogen (secondary N) is 1. The lowest BCUT2D eigenvalue weighted by molar-refractivity contribution is -0.122. The molecule has 0 radical (unpaired) electrons. The third-order valence-corrected chi connectivity index (χ3v) is 4.58. The van der Waals surface area contributed by atoms with E-state index in [1.165, 1.54) is 31.4 Å². The van der Waals surface area contributed by atoms with Gasteiger partial charge < -0.3 is 16.0 Å². The average molecular weight is 303 g/mol. The molecule has 1 aromatic carbocycles. The average Bonchev–Trinajstić information content (AvgIpc) is 2.53. The summed E-state index contributed by atoms with van der Waals surface area (Å²) < 4.78 is 0. The van der Waals surface area contributed by atoms with Crippen LogP contribution in [0.5, 0.6) is 0 Å². The van der Waals surface area contributed by atoms with Crippen LogP contribution in [0.4, 0.5) is 0 Å². The van der Waals surface area contributed by atoms with E-state index < -0.39 is 6.04 Å². The Bertz CT molecular complexity index is 472. The van der Waals surface area contributed by atoms with Gasteiger partial charge in [0.15, 0.2) is 0 Å². The van der Waals surface area contributed by atoms with Gasteiger partial charge in [-0.05, 0) is 45.2 Å². The lowest BCUT2D eigenvalue weighted by Crippen LogP contribution is -2.40. The van der Waals surface area contributed by atoms with Crippen molar-refractivity contribution in [3.63, 3.8) is 0 Å². The Labute approximate surface area is 134 Å². The topological polar surface area (TPSA) is 58.4 Å². The number of rotatable bonds is 6. The Morgan fingerprint density at radius 3 is 2.77 bits per heavy atom. The van der Waals surface area contributed by atoms with Crippen molar-refractivity contribution in [2.45, 2.75) is 51.6 Å². The second-order valence-electron chi connectivity index (χ2n) is 6.41. The number of nitrogens with two attached hydrogens (primary N) is 1. The van der Waals surface area contributed by atoms with Crippen LogP contribution < -0.4 is 11.1 Å². The van der Waals surface area contributed by atoms with Crippen LogP contribution >= 0.6 is 0 Å². The van der Waals surface area contributed by atoms with Crippen molar-refractivity contribution >= 4 is 5.91 Å². The molecule has 2 rings (SSSR count). The van der Waals surface area contributed by atoms with E-state index in [2.05, 4.69) is 17.1 Å². The molecule has 3 N–H and O–H groups in total. The van der Waals surface area contributed by atoms with E-state index in [0.717, 1.165) is 18.5 Å². The first-order valence-electron chi connectivity index (χ1n) is 8.42. The third-order valence-electron chi connectivity index (χ3n) is 4.58. The van der Waals surface area contributed by atoms with Gasteiger partial charge in [-0.15, -0.1) is 0 Å². The summed E-state index contributed by atoms with van der Waals surface area (Å²) in [4.78, 5) is 14.6. The van der Waals surface area contributed by atoms with E-state index in [0.29, 0.717) is 12.6 Å². The zero-order chi connectivity index (χ0) is 15.9. The summed E-state index contributed by atoms with van der Waals surface area (Å²) in [6.07, 6.45) is 4.93.